The smallest absolute Gasteiger partial charge is 0.254 e. The molecule has 3 rings (SSSR count). The molecule has 0 radical (unpaired) electrons. The summed E-state index contributed by atoms with van der Waals surface area (Å²) >= 11 is 0. The molecule has 0 N–H and O–H groups in total. The van der Waals surface area contributed by atoms with Gasteiger partial charge < -0.3 is 14.7 Å². The summed E-state index contributed by atoms with van der Waals surface area (Å²) in [5.74, 6) is 0.137. The lowest BCUT2D eigenvalue weighted by molar-refractivity contribution is 0.0664. The minimum Gasteiger partial charge on any atom is -0.370 e. The largest absolute Gasteiger partial charge is 0.370 e. The molecular weight excluding hydrogens is 298 g/mol. The van der Waals surface area contributed by atoms with Crippen LogP contribution in [0.1, 0.15) is 15.9 Å². The van der Waals surface area contributed by atoms with Gasteiger partial charge in [0.05, 0.1) is 0 Å². The highest BCUT2D eigenvalue weighted by Gasteiger charge is 2.20. The zero-order valence-electron chi connectivity index (χ0n) is 14.5. The first-order chi connectivity index (χ1) is 11.6. The maximum atomic E-state index is 12.7. The number of rotatable bonds is 4. The number of carbonyl (C=O) groups is 1. The normalized spacial score (nSPS) is 15.3. The van der Waals surface area contributed by atoms with Crippen molar-refractivity contribution >= 4 is 11.6 Å². The molecule has 1 fully saturated rings. The number of hydrogen-bond acceptors (Lipinski definition) is 3. The molecule has 2 aromatic rings. The molecular formula is C20H25N3O. The highest BCUT2D eigenvalue weighted by molar-refractivity contribution is 5.95. The second-order valence-electron chi connectivity index (χ2n) is 6.49. The number of piperazine rings is 1. The average molecular weight is 323 g/mol. The Bertz CT molecular complexity index is 678. The maximum absolute atomic E-state index is 12.7. The Kier molecular flexibility index (Phi) is 5.16. The van der Waals surface area contributed by atoms with Gasteiger partial charge in [-0.15, -0.1) is 0 Å². The second-order valence-corrected chi connectivity index (χ2v) is 6.49. The van der Waals surface area contributed by atoms with Gasteiger partial charge in [-0.25, -0.2) is 0 Å². The summed E-state index contributed by atoms with van der Waals surface area (Å²) in [6.45, 7) is 4.32. The van der Waals surface area contributed by atoms with Crippen molar-refractivity contribution in [3.05, 3.63) is 65.7 Å². The molecule has 126 valence electrons. The Hall–Kier alpha value is -2.33. The van der Waals surface area contributed by atoms with Crippen molar-refractivity contribution in [2.45, 2.75) is 6.54 Å². The third-order valence-electron chi connectivity index (χ3n) is 4.59. The summed E-state index contributed by atoms with van der Waals surface area (Å²) in [6.07, 6.45) is 0. The topological polar surface area (TPSA) is 26.8 Å². The van der Waals surface area contributed by atoms with E-state index in [1.54, 1.807) is 0 Å². The van der Waals surface area contributed by atoms with E-state index in [4.69, 9.17) is 0 Å². The lowest BCUT2D eigenvalue weighted by atomic mass is 10.1. The Balaban J connectivity index is 1.70. The Labute approximate surface area is 144 Å². The monoisotopic (exact) mass is 323 g/mol. The molecule has 0 saturated carbocycles. The molecule has 0 spiro atoms. The lowest BCUT2D eigenvalue weighted by Crippen LogP contribution is -2.47. The van der Waals surface area contributed by atoms with Crippen molar-refractivity contribution in [1.29, 1.82) is 0 Å². The van der Waals surface area contributed by atoms with E-state index < -0.39 is 0 Å². The summed E-state index contributed by atoms with van der Waals surface area (Å²) in [7, 11) is 4.16. The van der Waals surface area contributed by atoms with Crippen molar-refractivity contribution in [2.24, 2.45) is 0 Å². The zero-order valence-corrected chi connectivity index (χ0v) is 14.5. The molecule has 0 aromatic heterocycles. The van der Waals surface area contributed by atoms with Crippen LogP contribution in [0.5, 0.6) is 0 Å². The van der Waals surface area contributed by atoms with Crippen molar-refractivity contribution in [3.63, 3.8) is 0 Å². The van der Waals surface area contributed by atoms with Gasteiger partial charge in [0.15, 0.2) is 0 Å². The van der Waals surface area contributed by atoms with E-state index in [1.807, 2.05) is 29.2 Å². The number of nitrogens with zero attached hydrogens (tertiary/aromatic N) is 3. The summed E-state index contributed by atoms with van der Waals surface area (Å²) in [5.41, 5.74) is 3.10. The summed E-state index contributed by atoms with van der Waals surface area (Å²) in [6, 6.07) is 18.3. The molecule has 0 bridgehead atoms. The predicted molar refractivity (Wildman–Crippen MR) is 98.4 cm³/mol. The fourth-order valence-electron chi connectivity index (χ4n) is 3.02. The van der Waals surface area contributed by atoms with Crippen molar-refractivity contribution in [3.8, 4) is 0 Å². The molecule has 0 atom stereocenters. The molecule has 0 aliphatic carbocycles. The van der Waals surface area contributed by atoms with Crippen LogP contribution in [0.25, 0.3) is 0 Å². The number of amides is 1. The summed E-state index contributed by atoms with van der Waals surface area (Å²) in [5, 5.41) is 0. The second kappa shape index (κ2) is 7.49. The van der Waals surface area contributed by atoms with Crippen molar-refractivity contribution < 1.29 is 4.79 Å². The van der Waals surface area contributed by atoms with E-state index in [-0.39, 0.29) is 5.91 Å². The Morgan fingerprint density at radius 3 is 2.42 bits per heavy atom. The molecule has 1 aliphatic heterocycles. The van der Waals surface area contributed by atoms with E-state index >= 15 is 0 Å². The van der Waals surface area contributed by atoms with Gasteiger partial charge in [-0.05, 0) is 30.8 Å². The summed E-state index contributed by atoms with van der Waals surface area (Å²) in [4.78, 5) is 19.1. The van der Waals surface area contributed by atoms with Gasteiger partial charge in [0.2, 0.25) is 0 Å². The van der Waals surface area contributed by atoms with Gasteiger partial charge in [0, 0.05) is 51.0 Å². The Morgan fingerprint density at radius 2 is 1.71 bits per heavy atom. The molecule has 0 unspecified atom stereocenters. The highest BCUT2D eigenvalue weighted by Crippen LogP contribution is 2.19. The minimum absolute atomic E-state index is 0.137. The van der Waals surface area contributed by atoms with Crippen LogP contribution in [0, 0.1) is 0 Å². The molecule has 1 aliphatic rings. The fraction of sp³-hybridized carbons (Fsp3) is 0.350. The number of carbonyl (C=O) groups excluding carboxylic acids is 1. The average Bonchev–Trinajstić information content (AvgIpc) is 2.63. The third-order valence-corrected chi connectivity index (χ3v) is 4.59. The zero-order chi connectivity index (χ0) is 16.9. The highest BCUT2D eigenvalue weighted by atomic mass is 16.2. The van der Waals surface area contributed by atoms with Crippen LogP contribution >= 0.6 is 0 Å². The molecule has 1 saturated heterocycles. The first-order valence-corrected chi connectivity index (χ1v) is 8.46. The van der Waals surface area contributed by atoms with Gasteiger partial charge in [0.1, 0.15) is 0 Å². The molecule has 1 amide bonds. The van der Waals surface area contributed by atoms with Gasteiger partial charge in [-0.1, -0.05) is 36.4 Å². The van der Waals surface area contributed by atoms with Crippen LogP contribution in [0.15, 0.2) is 54.6 Å². The molecule has 2 aromatic carbocycles. The SMILES string of the molecule is CN1CCN(C(=O)c2cccc(N(C)Cc3ccccc3)c2)CC1. The first kappa shape index (κ1) is 16.5. The van der Waals surface area contributed by atoms with Crippen LogP contribution in [0.2, 0.25) is 0 Å². The van der Waals surface area contributed by atoms with Crippen molar-refractivity contribution in [1.82, 2.24) is 9.80 Å². The van der Waals surface area contributed by atoms with Crippen LogP contribution in [0.3, 0.4) is 0 Å². The number of likely N-dealkylation sites (N-methyl/N-ethyl adjacent to an activating group) is 1. The van der Waals surface area contributed by atoms with E-state index in [0.717, 1.165) is 44.0 Å². The van der Waals surface area contributed by atoms with Crippen LogP contribution in [-0.2, 0) is 6.54 Å². The third kappa shape index (κ3) is 3.95. The van der Waals surface area contributed by atoms with Gasteiger partial charge >= 0.3 is 0 Å². The molecule has 24 heavy (non-hydrogen) atoms. The lowest BCUT2D eigenvalue weighted by Gasteiger charge is -2.32. The van der Waals surface area contributed by atoms with E-state index in [1.165, 1.54) is 5.56 Å². The van der Waals surface area contributed by atoms with E-state index in [2.05, 4.69) is 54.2 Å². The molecule has 4 nitrogen and oxygen atoms in total. The minimum atomic E-state index is 0.137. The van der Waals surface area contributed by atoms with Gasteiger partial charge in [-0.2, -0.15) is 0 Å². The Morgan fingerprint density at radius 1 is 1.00 bits per heavy atom. The maximum Gasteiger partial charge on any atom is 0.254 e. The van der Waals surface area contributed by atoms with Gasteiger partial charge in [-0.3, -0.25) is 4.79 Å². The number of hydrogen-bond donors (Lipinski definition) is 0. The number of benzene rings is 2. The fourth-order valence-corrected chi connectivity index (χ4v) is 3.02. The molecule has 4 heteroatoms. The van der Waals surface area contributed by atoms with Crippen molar-refractivity contribution in [2.75, 3.05) is 45.2 Å². The number of anilines is 1. The molecule has 1 heterocycles. The van der Waals surface area contributed by atoms with Crippen LogP contribution in [-0.4, -0.2) is 56.0 Å². The quantitative estimate of drug-likeness (QED) is 0.865. The predicted octanol–water partition coefficient (Wildman–Crippen LogP) is 2.71. The standard InChI is InChI=1S/C20H25N3O/c1-21-11-13-23(14-12-21)20(24)18-9-6-10-19(15-18)22(2)16-17-7-4-3-5-8-17/h3-10,15H,11-14,16H2,1-2H3. The van der Waals surface area contributed by atoms with E-state index in [0.29, 0.717) is 0 Å². The van der Waals surface area contributed by atoms with Crippen LogP contribution in [0.4, 0.5) is 5.69 Å². The van der Waals surface area contributed by atoms with E-state index in [9.17, 15) is 4.79 Å². The first-order valence-electron chi connectivity index (χ1n) is 8.46. The van der Waals surface area contributed by atoms with Crippen LogP contribution < -0.4 is 4.90 Å². The summed E-state index contributed by atoms with van der Waals surface area (Å²) < 4.78 is 0. The van der Waals surface area contributed by atoms with Gasteiger partial charge in [0.25, 0.3) is 5.91 Å².